The maximum absolute atomic E-state index is 8.64. The zero-order valence-corrected chi connectivity index (χ0v) is 8.55. The molecule has 1 aromatic carbocycles. The van der Waals surface area contributed by atoms with Crippen molar-refractivity contribution < 1.29 is 5.11 Å². The fourth-order valence-corrected chi connectivity index (χ4v) is 2.04. The summed E-state index contributed by atoms with van der Waals surface area (Å²) in [5.41, 5.74) is 2.07. The number of aliphatic hydroxyl groups excluding tert-OH is 1. The summed E-state index contributed by atoms with van der Waals surface area (Å²) in [6, 6.07) is 7.97. The minimum Gasteiger partial charge on any atom is -0.396 e. The lowest BCUT2D eigenvalue weighted by Gasteiger charge is -1.93. The number of nitrogens with one attached hydrogen (secondary N) is 1. The molecule has 0 saturated carbocycles. The summed E-state index contributed by atoms with van der Waals surface area (Å²) >= 11 is 1.64. The van der Waals surface area contributed by atoms with E-state index in [0.717, 1.165) is 28.4 Å². The first-order valence-electron chi connectivity index (χ1n) is 4.58. The van der Waals surface area contributed by atoms with Gasteiger partial charge in [-0.2, -0.15) is 0 Å². The molecule has 0 fully saturated rings. The van der Waals surface area contributed by atoms with Crippen LogP contribution in [0.2, 0.25) is 0 Å². The lowest BCUT2D eigenvalue weighted by molar-refractivity contribution is 0.296. The minimum absolute atomic E-state index is 0.243. The van der Waals surface area contributed by atoms with Gasteiger partial charge in [-0.25, -0.2) is 4.98 Å². The Kier molecular flexibility index (Phi) is 3.06. The van der Waals surface area contributed by atoms with Crippen molar-refractivity contribution in [1.29, 1.82) is 0 Å². The van der Waals surface area contributed by atoms with Crippen LogP contribution in [0, 0.1) is 0 Å². The second-order valence-electron chi connectivity index (χ2n) is 2.98. The van der Waals surface area contributed by atoms with E-state index in [4.69, 9.17) is 5.11 Å². The van der Waals surface area contributed by atoms with Gasteiger partial charge in [0.25, 0.3) is 0 Å². The summed E-state index contributed by atoms with van der Waals surface area (Å²) < 4.78 is 0. The van der Waals surface area contributed by atoms with Gasteiger partial charge >= 0.3 is 0 Å². The number of aliphatic hydroxyl groups is 1. The largest absolute Gasteiger partial charge is 0.396 e. The summed E-state index contributed by atoms with van der Waals surface area (Å²) in [6.07, 6.45) is 0.807. The van der Waals surface area contributed by atoms with Crippen LogP contribution in [-0.4, -0.2) is 27.4 Å². The molecular formula is C10H12N2OS. The number of imidazole rings is 1. The zero-order valence-electron chi connectivity index (χ0n) is 7.73. The molecule has 1 aromatic heterocycles. The topological polar surface area (TPSA) is 48.9 Å². The quantitative estimate of drug-likeness (QED) is 0.597. The molecule has 0 aliphatic heterocycles. The SMILES string of the molecule is OCCCSc1nc2ccccc2[nH]1. The normalized spacial score (nSPS) is 10.9. The third-order valence-electron chi connectivity index (χ3n) is 1.91. The van der Waals surface area contributed by atoms with E-state index in [2.05, 4.69) is 9.97 Å². The number of para-hydroxylation sites is 2. The summed E-state index contributed by atoms with van der Waals surface area (Å²) in [4.78, 5) is 7.63. The van der Waals surface area contributed by atoms with Gasteiger partial charge in [0.2, 0.25) is 0 Å². The monoisotopic (exact) mass is 208 g/mol. The fraction of sp³-hybridized carbons (Fsp3) is 0.300. The number of rotatable bonds is 4. The first-order valence-corrected chi connectivity index (χ1v) is 5.57. The number of aromatic nitrogens is 2. The van der Waals surface area contributed by atoms with Gasteiger partial charge in [0.15, 0.2) is 5.16 Å². The summed E-state index contributed by atoms with van der Waals surface area (Å²) in [5, 5.41) is 9.57. The van der Waals surface area contributed by atoms with E-state index in [1.807, 2.05) is 24.3 Å². The van der Waals surface area contributed by atoms with Crippen LogP contribution < -0.4 is 0 Å². The van der Waals surface area contributed by atoms with Crippen molar-refractivity contribution in [3.8, 4) is 0 Å². The number of aromatic amines is 1. The molecule has 0 aliphatic rings. The van der Waals surface area contributed by atoms with Crippen LogP contribution in [-0.2, 0) is 0 Å². The Balaban J connectivity index is 2.11. The van der Waals surface area contributed by atoms with Crippen LogP contribution in [0.4, 0.5) is 0 Å². The van der Waals surface area contributed by atoms with E-state index in [9.17, 15) is 0 Å². The Morgan fingerprint density at radius 1 is 1.36 bits per heavy atom. The number of benzene rings is 1. The molecule has 14 heavy (non-hydrogen) atoms. The van der Waals surface area contributed by atoms with Crippen molar-refractivity contribution in [3.05, 3.63) is 24.3 Å². The van der Waals surface area contributed by atoms with Gasteiger partial charge in [-0.05, 0) is 18.6 Å². The van der Waals surface area contributed by atoms with Crippen LogP contribution in [0.3, 0.4) is 0 Å². The third-order valence-corrected chi connectivity index (χ3v) is 2.87. The first kappa shape index (κ1) is 9.55. The van der Waals surface area contributed by atoms with Crippen LogP contribution in [0.5, 0.6) is 0 Å². The molecule has 0 bridgehead atoms. The predicted molar refractivity (Wildman–Crippen MR) is 58.5 cm³/mol. The summed E-state index contributed by atoms with van der Waals surface area (Å²) in [5.74, 6) is 0.899. The van der Waals surface area contributed by atoms with Crippen molar-refractivity contribution in [1.82, 2.24) is 9.97 Å². The average molecular weight is 208 g/mol. The lowest BCUT2D eigenvalue weighted by atomic mass is 10.3. The summed E-state index contributed by atoms with van der Waals surface area (Å²) in [6.45, 7) is 0.243. The molecule has 0 saturated heterocycles. The smallest absolute Gasteiger partial charge is 0.166 e. The summed E-state index contributed by atoms with van der Waals surface area (Å²) in [7, 11) is 0. The van der Waals surface area contributed by atoms with Crippen molar-refractivity contribution >= 4 is 22.8 Å². The van der Waals surface area contributed by atoms with Crippen LogP contribution in [0.15, 0.2) is 29.4 Å². The molecule has 2 rings (SSSR count). The Morgan fingerprint density at radius 3 is 3.00 bits per heavy atom. The van der Waals surface area contributed by atoms with Crippen molar-refractivity contribution in [3.63, 3.8) is 0 Å². The van der Waals surface area contributed by atoms with E-state index in [1.165, 1.54) is 0 Å². The second-order valence-corrected chi connectivity index (χ2v) is 4.07. The number of fused-ring (bicyclic) bond motifs is 1. The maximum Gasteiger partial charge on any atom is 0.166 e. The fourth-order valence-electron chi connectivity index (χ4n) is 1.23. The number of H-pyrrole nitrogens is 1. The van der Waals surface area contributed by atoms with Crippen LogP contribution in [0.25, 0.3) is 11.0 Å². The van der Waals surface area contributed by atoms with Gasteiger partial charge in [0, 0.05) is 12.4 Å². The standard InChI is InChI=1S/C10H12N2OS/c13-6-3-7-14-10-11-8-4-1-2-5-9(8)12-10/h1-2,4-5,13H,3,6-7H2,(H,11,12). The minimum atomic E-state index is 0.243. The molecule has 0 amide bonds. The van der Waals surface area contributed by atoms with E-state index >= 15 is 0 Å². The molecule has 1 heterocycles. The van der Waals surface area contributed by atoms with E-state index in [1.54, 1.807) is 11.8 Å². The zero-order chi connectivity index (χ0) is 9.80. The van der Waals surface area contributed by atoms with Gasteiger partial charge in [-0.15, -0.1) is 0 Å². The van der Waals surface area contributed by atoms with Gasteiger partial charge in [0.05, 0.1) is 11.0 Å². The third kappa shape index (κ3) is 2.08. The van der Waals surface area contributed by atoms with E-state index < -0.39 is 0 Å². The molecule has 2 N–H and O–H groups in total. The highest BCUT2D eigenvalue weighted by atomic mass is 32.2. The van der Waals surface area contributed by atoms with E-state index in [0.29, 0.717) is 0 Å². The molecule has 4 heteroatoms. The predicted octanol–water partition coefficient (Wildman–Crippen LogP) is 2.04. The molecule has 0 aliphatic carbocycles. The number of thioether (sulfide) groups is 1. The Bertz CT molecular complexity index is 380. The van der Waals surface area contributed by atoms with Gasteiger partial charge in [-0.3, -0.25) is 0 Å². The molecule has 74 valence electrons. The number of hydrogen-bond acceptors (Lipinski definition) is 3. The highest BCUT2D eigenvalue weighted by Gasteiger charge is 2.01. The van der Waals surface area contributed by atoms with Gasteiger partial charge in [-0.1, -0.05) is 23.9 Å². The first-order chi connectivity index (χ1) is 6.90. The maximum atomic E-state index is 8.64. The molecule has 0 atom stereocenters. The van der Waals surface area contributed by atoms with Crippen molar-refractivity contribution in [2.45, 2.75) is 11.6 Å². The number of nitrogens with zero attached hydrogens (tertiary/aromatic N) is 1. The Morgan fingerprint density at radius 2 is 2.21 bits per heavy atom. The second kappa shape index (κ2) is 4.48. The average Bonchev–Trinajstić information content (AvgIpc) is 2.60. The van der Waals surface area contributed by atoms with Crippen molar-refractivity contribution in [2.24, 2.45) is 0 Å². The number of hydrogen-bond donors (Lipinski definition) is 2. The highest BCUT2D eigenvalue weighted by Crippen LogP contribution is 2.19. The van der Waals surface area contributed by atoms with Crippen LogP contribution in [0.1, 0.15) is 6.42 Å². The van der Waals surface area contributed by atoms with Gasteiger partial charge < -0.3 is 10.1 Å². The Labute approximate surface area is 86.6 Å². The molecule has 3 nitrogen and oxygen atoms in total. The molecule has 0 radical (unpaired) electrons. The molecule has 0 unspecified atom stereocenters. The van der Waals surface area contributed by atoms with Crippen LogP contribution >= 0.6 is 11.8 Å². The molecule has 2 aromatic rings. The Hall–Kier alpha value is -1.00. The van der Waals surface area contributed by atoms with Gasteiger partial charge in [0.1, 0.15) is 0 Å². The highest BCUT2D eigenvalue weighted by molar-refractivity contribution is 7.99. The van der Waals surface area contributed by atoms with E-state index in [-0.39, 0.29) is 6.61 Å². The van der Waals surface area contributed by atoms with Crippen molar-refractivity contribution in [2.75, 3.05) is 12.4 Å². The lowest BCUT2D eigenvalue weighted by Crippen LogP contribution is -1.85. The molecular weight excluding hydrogens is 196 g/mol. The molecule has 0 spiro atoms.